The Balaban J connectivity index is 1.33. The lowest BCUT2D eigenvalue weighted by Gasteiger charge is -2.06. The number of amides is 1. The second-order valence-corrected chi connectivity index (χ2v) is 9.14. The smallest absolute Gasteiger partial charge is 0.226 e. The van der Waals surface area contributed by atoms with Crippen molar-refractivity contribution in [3.63, 3.8) is 0 Å². The average Bonchev–Trinajstić information content (AvgIpc) is 3.41. The van der Waals surface area contributed by atoms with Gasteiger partial charge in [0.15, 0.2) is 5.82 Å². The fourth-order valence-electron chi connectivity index (χ4n) is 2.87. The van der Waals surface area contributed by atoms with Crippen LogP contribution in [0.1, 0.15) is 22.6 Å². The van der Waals surface area contributed by atoms with E-state index in [-0.39, 0.29) is 12.3 Å². The van der Waals surface area contributed by atoms with Gasteiger partial charge in [0.2, 0.25) is 5.91 Å². The lowest BCUT2D eigenvalue weighted by Crippen LogP contribution is -2.24. The zero-order valence-corrected chi connectivity index (χ0v) is 18.2. The second-order valence-electron chi connectivity index (χ2n) is 6.56. The number of hydrogen-bond acceptors (Lipinski definition) is 6. The molecule has 0 unspecified atom stereocenters. The largest absolute Gasteiger partial charge is 0.352 e. The van der Waals surface area contributed by atoms with Gasteiger partial charge in [0.25, 0.3) is 0 Å². The summed E-state index contributed by atoms with van der Waals surface area (Å²) in [5.74, 6) is 0.683. The number of thiophene rings is 1. The number of thiazole rings is 1. The molecule has 1 amide bonds. The van der Waals surface area contributed by atoms with Gasteiger partial charge in [0.1, 0.15) is 5.01 Å². The fourth-order valence-corrected chi connectivity index (χ4v) is 4.80. The Labute approximate surface area is 181 Å². The number of nitrogens with one attached hydrogen (secondary N) is 1. The molecule has 0 spiro atoms. The van der Waals surface area contributed by atoms with Crippen LogP contribution in [0.2, 0.25) is 4.34 Å². The van der Waals surface area contributed by atoms with E-state index in [9.17, 15) is 4.79 Å². The van der Waals surface area contributed by atoms with Gasteiger partial charge in [0, 0.05) is 23.8 Å². The summed E-state index contributed by atoms with van der Waals surface area (Å²) in [5, 5.41) is 10.1. The summed E-state index contributed by atoms with van der Waals surface area (Å²) in [6, 6.07) is 9.65. The zero-order valence-electron chi connectivity index (χ0n) is 15.8. The molecule has 0 aliphatic heterocycles. The maximum atomic E-state index is 12.3. The molecule has 4 aromatic rings. The van der Waals surface area contributed by atoms with Crippen molar-refractivity contribution in [2.24, 2.45) is 0 Å². The van der Waals surface area contributed by atoms with Gasteiger partial charge in [-0.15, -0.1) is 22.7 Å². The van der Waals surface area contributed by atoms with Gasteiger partial charge in [-0.3, -0.25) is 4.79 Å². The van der Waals surface area contributed by atoms with E-state index in [1.807, 2.05) is 49.6 Å². The summed E-state index contributed by atoms with van der Waals surface area (Å²) in [6.07, 6.45) is 2.00. The number of pyridine rings is 1. The molecule has 0 atom stereocenters. The number of halogens is 1. The Hall–Kier alpha value is -2.55. The number of aryl methyl sites for hydroxylation is 2. The van der Waals surface area contributed by atoms with Crippen LogP contribution >= 0.6 is 34.3 Å². The highest BCUT2D eigenvalue weighted by atomic mass is 35.5. The third-order valence-electron chi connectivity index (χ3n) is 4.20. The molecule has 0 saturated heterocycles. The number of rotatable bonds is 6. The maximum absolute atomic E-state index is 12.3. The molecule has 29 heavy (non-hydrogen) atoms. The molecule has 0 bridgehead atoms. The van der Waals surface area contributed by atoms with Gasteiger partial charge in [-0.1, -0.05) is 17.7 Å². The Morgan fingerprint density at radius 3 is 2.76 bits per heavy atom. The topological polar surface area (TPSA) is 72.7 Å². The van der Waals surface area contributed by atoms with Gasteiger partial charge >= 0.3 is 0 Å². The lowest BCUT2D eigenvalue weighted by molar-refractivity contribution is -0.120. The Morgan fingerprint density at radius 2 is 2.10 bits per heavy atom. The van der Waals surface area contributed by atoms with Crippen molar-refractivity contribution in [1.82, 2.24) is 25.1 Å². The van der Waals surface area contributed by atoms with E-state index in [0.717, 1.165) is 42.7 Å². The van der Waals surface area contributed by atoms with E-state index < -0.39 is 0 Å². The van der Waals surface area contributed by atoms with Crippen LogP contribution in [-0.2, 0) is 17.8 Å². The summed E-state index contributed by atoms with van der Waals surface area (Å²) in [7, 11) is 0. The predicted molar refractivity (Wildman–Crippen MR) is 117 cm³/mol. The summed E-state index contributed by atoms with van der Waals surface area (Å²) in [5.41, 5.74) is 3.66. The van der Waals surface area contributed by atoms with Crippen molar-refractivity contribution in [2.45, 2.75) is 26.8 Å². The minimum atomic E-state index is -0.0753. The van der Waals surface area contributed by atoms with Crippen molar-refractivity contribution in [3.05, 3.63) is 68.9 Å². The molecule has 4 aromatic heterocycles. The minimum Gasteiger partial charge on any atom is -0.352 e. The lowest BCUT2D eigenvalue weighted by atomic mass is 10.2. The molecule has 6 nitrogen and oxygen atoms in total. The summed E-state index contributed by atoms with van der Waals surface area (Å²) in [4.78, 5) is 22.3. The molecular weight excluding hydrogens is 426 g/mol. The van der Waals surface area contributed by atoms with Crippen LogP contribution in [0.4, 0.5) is 0 Å². The monoisotopic (exact) mass is 443 g/mol. The highest BCUT2D eigenvalue weighted by molar-refractivity contribution is 7.23. The third-order valence-corrected chi connectivity index (χ3v) is 6.49. The molecule has 4 heterocycles. The highest BCUT2D eigenvalue weighted by Gasteiger charge is 2.11. The highest BCUT2D eigenvalue weighted by Crippen LogP contribution is 2.32. The van der Waals surface area contributed by atoms with Gasteiger partial charge < -0.3 is 5.32 Å². The molecular formula is C20H18ClN5OS2. The molecule has 0 fully saturated rings. The second kappa shape index (κ2) is 8.44. The molecule has 1 N–H and O–H groups in total. The molecule has 0 aromatic carbocycles. The first-order valence-electron chi connectivity index (χ1n) is 8.93. The summed E-state index contributed by atoms with van der Waals surface area (Å²) < 4.78 is 2.53. The molecule has 4 rings (SSSR count). The normalized spacial score (nSPS) is 11.0. The van der Waals surface area contributed by atoms with Crippen LogP contribution in [-0.4, -0.2) is 25.7 Å². The summed E-state index contributed by atoms with van der Waals surface area (Å²) in [6.45, 7) is 4.36. The number of carbonyl (C=O) groups is 1. The molecule has 0 aliphatic carbocycles. The Morgan fingerprint density at radius 1 is 1.24 bits per heavy atom. The molecule has 0 radical (unpaired) electrons. The quantitative estimate of drug-likeness (QED) is 0.473. The van der Waals surface area contributed by atoms with E-state index in [0.29, 0.717) is 6.54 Å². The SMILES string of the molecule is Cc1cc(C)n(-c2ccc(CNC(=O)Cc3csc(-c4ccc(Cl)s4)n3)cn2)n1. The fraction of sp³-hybridized carbons (Fsp3) is 0.200. The first-order valence-corrected chi connectivity index (χ1v) is 11.0. The van der Waals surface area contributed by atoms with Crippen LogP contribution in [0.5, 0.6) is 0 Å². The third kappa shape index (κ3) is 4.72. The zero-order chi connectivity index (χ0) is 20.4. The molecule has 9 heteroatoms. The van der Waals surface area contributed by atoms with Crippen molar-refractivity contribution < 1.29 is 4.79 Å². The van der Waals surface area contributed by atoms with Gasteiger partial charge in [0.05, 0.1) is 27.0 Å². The van der Waals surface area contributed by atoms with Crippen molar-refractivity contribution in [3.8, 4) is 15.7 Å². The van der Waals surface area contributed by atoms with Gasteiger partial charge in [-0.2, -0.15) is 5.10 Å². The van der Waals surface area contributed by atoms with E-state index in [1.165, 1.54) is 22.7 Å². The van der Waals surface area contributed by atoms with Gasteiger partial charge in [-0.05, 0) is 43.7 Å². The number of aromatic nitrogens is 4. The standard InChI is InChI=1S/C20H18ClN5OS2/c1-12-7-13(2)26(25-12)18-6-3-14(9-22-18)10-23-19(27)8-15-11-28-20(24-15)16-4-5-17(21)29-16/h3-7,9,11H,8,10H2,1-2H3,(H,23,27). The van der Waals surface area contributed by atoms with Crippen molar-refractivity contribution in [1.29, 1.82) is 0 Å². The van der Waals surface area contributed by atoms with E-state index in [2.05, 4.69) is 20.4 Å². The van der Waals surface area contributed by atoms with Crippen LogP contribution in [0.25, 0.3) is 15.7 Å². The van der Waals surface area contributed by atoms with E-state index >= 15 is 0 Å². The summed E-state index contributed by atoms with van der Waals surface area (Å²) >= 11 is 8.97. The van der Waals surface area contributed by atoms with Crippen LogP contribution < -0.4 is 5.32 Å². The minimum absolute atomic E-state index is 0.0753. The Kier molecular flexibility index (Phi) is 5.75. The molecule has 0 saturated carbocycles. The van der Waals surface area contributed by atoms with E-state index in [4.69, 9.17) is 11.6 Å². The van der Waals surface area contributed by atoms with Crippen LogP contribution in [0.15, 0.2) is 41.9 Å². The molecule has 148 valence electrons. The number of nitrogens with zero attached hydrogens (tertiary/aromatic N) is 4. The van der Waals surface area contributed by atoms with Crippen molar-refractivity contribution in [2.75, 3.05) is 0 Å². The Bertz CT molecular complexity index is 1150. The van der Waals surface area contributed by atoms with E-state index in [1.54, 1.807) is 10.9 Å². The number of carbonyl (C=O) groups excluding carboxylic acids is 1. The van der Waals surface area contributed by atoms with Crippen LogP contribution in [0.3, 0.4) is 0 Å². The number of hydrogen-bond donors (Lipinski definition) is 1. The first-order chi connectivity index (χ1) is 14.0. The maximum Gasteiger partial charge on any atom is 0.226 e. The average molecular weight is 444 g/mol. The first kappa shape index (κ1) is 19.8. The van der Waals surface area contributed by atoms with Crippen LogP contribution in [0, 0.1) is 13.8 Å². The molecule has 0 aliphatic rings. The predicted octanol–water partition coefficient (Wildman–Crippen LogP) is 4.58. The van der Waals surface area contributed by atoms with Crippen molar-refractivity contribution >= 4 is 40.2 Å². The van der Waals surface area contributed by atoms with Gasteiger partial charge in [-0.25, -0.2) is 14.6 Å².